The predicted octanol–water partition coefficient (Wildman–Crippen LogP) is 1.77. The smallest absolute Gasteiger partial charge is 0.252 e. The van der Waals surface area contributed by atoms with Gasteiger partial charge in [-0.05, 0) is 24.3 Å². The van der Waals surface area contributed by atoms with Crippen LogP contribution in [-0.4, -0.2) is 41.9 Å². The monoisotopic (exact) mass is 325 g/mol. The summed E-state index contributed by atoms with van der Waals surface area (Å²) in [5, 5.41) is 1.77. The molecule has 0 aliphatic carbocycles. The zero-order chi connectivity index (χ0) is 14.7. The summed E-state index contributed by atoms with van der Waals surface area (Å²) < 4.78 is 32.4. The van der Waals surface area contributed by atoms with E-state index in [1.54, 1.807) is 36.1 Å². The fourth-order valence-electron chi connectivity index (χ4n) is 2.24. The Balaban J connectivity index is 1.61. The third-order valence-corrected chi connectivity index (χ3v) is 6.59. The largest absolute Gasteiger partial charge is 0.473 e. The molecule has 112 valence electrons. The van der Waals surface area contributed by atoms with Crippen LogP contribution in [0.25, 0.3) is 0 Å². The van der Waals surface area contributed by atoms with Crippen LogP contribution in [0.3, 0.4) is 0 Å². The van der Waals surface area contributed by atoms with E-state index in [1.165, 1.54) is 15.6 Å². The van der Waals surface area contributed by atoms with Crippen molar-refractivity contribution < 1.29 is 13.2 Å². The zero-order valence-corrected chi connectivity index (χ0v) is 12.9. The fourth-order valence-corrected chi connectivity index (χ4v) is 4.86. The van der Waals surface area contributed by atoms with E-state index in [9.17, 15) is 8.42 Å². The molecular weight excluding hydrogens is 310 g/mol. The van der Waals surface area contributed by atoms with E-state index in [0.717, 1.165) is 0 Å². The molecule has 0 spiro atoms. The number of thiophene rings is 1. The van der Waals surface area contributed by atoms with Crippen LogP contribution in [-0.2, 0) is 10.0 Å². The average molecular weight is 325 g/mol. The van der Waals surface area contributed by atoms with E-state index < -0.39 is 10.0 Å². The number of nitrogens with zero attached hydrogens (tertiary/aromatic N) is 3. The van der Waals surface area contributed by atoms with Gasteiger partial charge in [-0.15, -0.1) is 11.3 Å². The second-order valence-corrected chi connectivity index (χ2v) is 7.81. The number of aromatic nitrogens is 2. The van der Waals surface area contributed by atoms with E-state index in [0.29, 0.717) is 36.0 Å². The van der Waals surface area contributed by atoms with Gasteiger partial charge >= 0.3 is 0 Å². The molecule has 2 aromatic heterocycles. The Morgan fingerprint density at radius 3 is 2.71 bits per heavy atom. The van der Waals surface area contributed by atoms with Crippen molar-refractivity contribution in [3.8, 4) is 5.88 Å². The first-order chi connectivity index (χ1) is 10.2. The molecule has 1 saturated heterocycles. The number of hydrogen-bond donors (Lipinski definition) is 0. The number of sulfonamides is 1. The van der Waals surface area contributed by atoms with Crippen molar-refractivity contribution in [1.29, 1.82) is 0 Å². The Kier molecular flexibility index (Phi) is 4.18. The predicted molar refractivity (Wildman–Crippen MR) is 78.8 cm³/mol. The molecule has 1 fully saturated rings. The standard InChI is InChI=1S/C13H15N3O3S2/c17-21(18,13-2-1-9-20-13)16-7-3-11(4-8-16)19-12-10-14-5-6-15-12/h1-2,5-6,9-11H,3-4,7-8H2. The molecule has 0 aromatic carbocycles. The highest BCUT2D eigenvalue weighted by Crippen LogP contribution is 2.25. The quantitative estimate of drug-likeness (QED) is 0.856. The Bertz CT molecular complexity index is 666. The molecule has 0 atom stereocenters. The molecule has 2 aromatic rings. The molecule has 0 radical (unpaired) electrons. The van der Waals surface area contributed by atoms with E-state index in [4.69, 9.17) is 4.74 Å². The first kappa shape index (κ1) is 14.4. The lowest BCUT2D eigenvalue weighted by Gasteiger charge is -2.30. The van der Waals surface area contributed by atoms with Crippen LogP contribution >= 0.6 is 11.3 Å². The first-order valence-electron chi connectivity index (χ1n) is 6.62. The molecule has 0 unspecified atom stereocenters. The van der Waals surface area contributed by atoms with Gasteiger partial charge in [0.05, 0.1) is 6.20 Å². The van der Waals surface area contributed by atoms with E-state index in [1.807, 2.05) is 0 Å². The minimum absolute atomic E-state index is 0.0171. The number of rotatable bonds is 4. The molecule has 3 heterocycles. The fraction of sp³-hybridized carbons (Fsp3) is 0.385. The van der Waals surface area contributed by atoms with Crippen LogP contribution in [0.2, 0.25) is 0 Å². The van der Waals surface area contributed by atoms with E-state index in [-0.39, 0.29) is 6.10 Å². The highest BCUT2D eigenvalue weighted by atomic mass is 32.2. The van der Waals surface area contributed by atoms with Crippen molar-refractivity contribution in [2.75, 3.05) is 13.1 Å². The van der Waals surface area contributed by atoms with Crippen molar-refractivity contribution in [1.82, 2.24) is 14.3 Å². The molecular formula is C13H15N3O3S2. The Morgan fingerprint density at radius 2 is 2.10 bits per heavy atom. The number of piperidine rings is 1. The Labute approximate surface area is 127 Å². The molecule has 8 heteroatoms. The van der Waals surface area contributed by atoms with Gasteiger partial charge in [-0.1, -0.05) is 6.07 Å². The maximum absolute atomic E-state index is 12.4. The summed E-state index contributed by atoms with van der Waals surface area (Å²) >= 11 is 1.25. The second-order valence-electron chi connectivity index (χ2n) is 4.70. The lowest BCUT2D eigenvalue weighted by Crippen LogP contribution is -2.41. The molecule has 21 heavy (non-hydrogen) atoms. The minimum Gasteiger partial charge on any atom is -0.473 e. The van der Waals surface area contributed by atoms with E-state index in [2.05, 4.69) is 9.97 Å². The van der Waals surface area contributed by atoms with Crippen molar-refractivity contribution >= 4 is 21.4 Å². The van der Waals surface area contributed by atoms with Crippen LogP contribution in [0, 0.1) is 0 Å². The summed E-state index contributed by atoms with van der Waals surface area (Å²) in [5.74, 6) is 0.483. The SMILES string of the molecule is O=S(=O)(c1cccs1)N1CCC(Oc2cnccn2)CC1. The van der Waals surface area contributed by atoms with Crippen LogP contribution < -0.4 is 4.74 Å². The van der Waals surface area contributed by atoms with Crippen molar-refractivity contribution in [2.24, 2.45) is 0 Å². The normalized spacial score (nSPS) is 17.7. The van der Waals surface area contributed by atoms with Gasteiger partial charge < -0.3 is 4.74 Å². The third kappa shape index (κ3) is 3.22. The van der Waals surface area contributed by atoms with Gasteiger partial charge in [0.1, 0.15) is 10.3 Å². The van der Waals surface area contributed by atoms with Crippen molar-refractivity contribution in [2.45, 2.75) is 23.2 Å². The van der Waals surface area contributed by atoms with E-state index >= 15 is 0 Å². The lowest BCUT2D eigenvalue weighted by atomic mass is 10.1. The molecule has 0 bridgehead atoms. The van der Waals surface area contributed by atoms with Gasteiger partial charge in [-0.3, -0.25) is 4.98 Å². The summed E-state index contributed by atoms with van der Waals surface area (Å²) in [7, 11) is -3.35. The van der Waals surface area contributed by atoms with Gasteiger partial charge in [0.25, 0.3) is 10.0 Å². The molecule has 1 aliphatic heterocycles. The average Bonchev–Trinajstić information content (AvgIpc) is 3.04. The molecule has 1 aliphatic rings. The maximum Gasteiger partial charge on any atom is 0.252 e. The maximum atomic E-state index is 12.4. The third-order valence-electron chi connectivity index (χ3n) is 3.32. The van der Waals surface area contributed by atoms with Crippen LogP contribution in [0.5, 0.6) is 5.88 Å². The van der Waals surface area contributed by atoms with Crippen LogP contribution in [0.15, 0.2) is 40.3 Å². The summed E-state index contributed by atoms with van der Waals surface area (Å²) in [6.45, 7) is 0.927. The van der Waals surface area contributed by atoms with Gasteiger partial charge in [-0.25, -0.2) is 13.4 Å². The van der Waals surface area contributed by atoms with Crippen LogP contribution in [0.4, 0.5) is 0 Å². The van der Waals surface area contributed by atoms with Crippen molar-refractivity contribution in [3.63, 3.8) is 0 Å². The molecule has 6 nitrogen and oxygen atoms in total. The van der Waals surface area contributed by atoms with Gasteiger partial charge in [-0.2, -0.15) is 4.31 Å². The van der Waals surface area contributed by atoms with Gasteiger partial charge in [0.2, 0.25) is 5.88 Å². The molecule has 0 N–H and O–H groups in total. The van der Waals surface area contributed by atoms with Crippen LogP contribution in [0.1, 0.15) is 12.8 Å². The molecule has 0 amide bonds. The summed E-state index contributed by atoms with van der Waals surface area (Å²) in [5.41, 5.74) is 0. The Morgan fingerprint density at radius 1 is 1.29 bits per heavy atom. The number of hydrogen-bond acceptors (Lipinski definition) is 6. The summed E-state index contributed by atoms with van der Waals surface area (Å²) in [6, 6.07) is 3.39. The topological polar surface area (TPSA) is 72.4 Å². The second kappa shape index (κ2) is 6.08. The minimum atomic E-state index is -3.35. The van der Waals surface area contributed by atoms with Gasteiger partial charge in [0, 0.05) is 25.5 Å². The highest BCUT2D eigenvalue weighted by molar-refractivity contribution is 7.91. The summed E-state index contributed by atoms with van der Waals surface area (Å²) in [4.78, 5) is 8.01. The lowest BCUT2D eigenvalue weighted by molar-refractivity contribution is 0.129. The molecule has 0 saturated carbocycles. The zero-order valence-electron chi connectivity index (χ0n) is 11.3. The van der Waals surface area contributed by atoms with Gasteiger partial charge in [0.15, 0.2) is 0 Å². The van der Waals surface area contributed by atoms with Crippen molar-refractivity contribution in [3.05, 3.63) is 36.1 Å². The summed E-state index contributed by atoms with van der Waals surface area (Å²) in [6.07, 6.45) is 6.02. The number of ether oxygens (including phenoxy) is 1. The Hall–Kier alpha value is -1.51. The first-order valence-corrected chi connectivity index (χ1v) is 8.94. The highest BCUT2D eigenvalue weighted by Gasteiger charge is 2.30. The molecule has 3 rings (SSSR count).